The number of rotatable bonds is 3. The summed E-state index contributed by atoms with van der Waals surface area (Å²) >= 11 is 0. The second-order valence-corrected chi connectivity index (χ2v) is 4.59. The number of morpholine rings is 1. The maximum Gasteiger partial charge on any atom is 0.238 e. The fraction of sp³-hybridized carbons (Fsp3) is 0.462. The largest absolute Gasteiger partial charge is 0.376 e. The van der Waals surface area contributed by atoms with Crippen molar-refractivity contribution >= 4 is 11.6 Å². The van der Waals surface area contributed by atoms with Crippen LogP contribution in [0.3, 0.4) is 0 Å². The molecule has 1 saturated heterocycles. The Morgan fingerprint density at radius 3 is 3.05 bits per heavy atom. The van der Waals surface area contributed by atoms with Crippen molar-refractivity contribution in [1.82, 2.24) is 4.90 Å². The third-order valence-corrected chi connectivity index (χ3v) is 2.89. The summed E-state index contributed by atoms with van der Waals surface area (Å²) in [5.41, 5.74) is -0.133. The van der Waals surface area contributed by atoms with Crippen LogP contribution in [0.25, 0.3) is 0 Å². The molecule has 1 unspecified atom stereocenters. The Morgan fingerprint density at radius 2 is 2.32 bits per heavy atom. The Labute approximate surface area is 110 Å². The molecule has 0 bridgehead atoms. The number of ether oxygens (including phenoxy) is 1. The highest BCUT2D eigenvalue weighted by Gasteiger charge is 2.19. The first-order chi connectivity index (χ1) is 9.04. The highest BCUT2D eigenvalue weighted by molar-refractivity contribution is 5.92. The summed E-state index contributed by atoms with van der Waals surface area (Å²) in [5.74, 6) is -1.60. The third-order valence-electron chi connectivity index (χ3n) is 2.89. The van der Waals surface area contributed by atoms with E-state index in [2.05, 4.69) is 5.32 Å². The molecule has 104 valence electrons. The van der Waals surface area contributed by atoms with Gasteiger partial charge < -0.3 is 10.1 Å². The number of nitrogens with one attached hydrogen (secondary N) is 1. The average molecular weight is 270 g/mol. The van der Waals surface area contributed by atoms with Crippen molar-refractivity contribution in [1.29, 1.82) is 0 Å². The zero-order chi connectivity index (χ0) is 13.8. The number of amides is 1. The van der Waals surface area contributed by atoms with Gasteiger partial charge in [0.1, 0.15) is 11.6 Å². The van der Waals surface area contributed by atoms with Crippen LogP contribution in [0, 0.1) is 11.6 Å². The van der Waals surface area contributed by atoms with E-state index in [4.69, 9.17) is 4.74 Å². The minimum atomic E-state index is -0.648. The van der Waals surface area contributed by atoms with Gasteiger partial charge in [0.05, 0.1) is 24.9 Å². The molecule has 1 heterocycles. The number of hydrogen-bond acceptors (Lipinski definition) is 3. The first-order valence-electron chi connectivity index (χ1n) is 6.13. The van der Waals surface area contributed by atoms with E-state index in [-0.39, 0.29) is 24.2 Å². The van der Waals surface area contributed by atoms with E-state index >= 15 is 0 Å². The summed E-state index contributed by atoms with van der Waals surface area (Å²) in [4.78, 5) is 13.7. The van der Waals surface area contributed by atoms with Gasteiger partial charge >= 0.3 is 0 Å². The lowest BCUT2D eigenvalue weighted by Crippen LogP contribution is -2.44. The van der Waals surface area contributed by atoms with Gasteiger partial charge in [-0.2, -0.15) is 0 Å². The van der Waals surface area contributed by atoms with E-state index in [1.54, 1.807) is 0 Å². The van der Waals surface area contributed by atoms with Crippen LogP contribution in [0.5, 0.6) is 0 Å². The maximum atomic E-state index is 13.4. The van der Waals surface area contributed by atoms with Crippen LogP contribution in [0.2, 0.25) is 0 Å². The molecule has 4 nitrogen and oxygen atoms in total. The van der Waals surface area contributed by atoms with Crippen LogP contribution < -0.4 is 5.32 Å². The van der Waals surface area contributed by atoms with Crippen molar-refractivity contribution in [3.05, 3.63) is 29.8 Å². The van der Waals surface area contributed by atoms with Crippen molar-refractivity contribution < 1.29 is 18.3 Å². The molecule has 6 heteroatoms. The Balaban J connectivity index is 1.92. The molecule has 0 spiro atoms. The lowest BCUT2D eigenvalue weighted by atomic mass is 10.2. The minimum absolute atomic E-state index is 0.0763. The van der Waals surface area contributed by atoms with Crippen molar-refractivity contribution in [3.8, 4) is 0 Å². The predicted molar refractivity (Wildman–Crippen MR) is 66.8 cm³/mol. The Hall–Kier alpha value is -1.53. The minimum Gasteiger partial charge on any atom is -0.376 e. The summed E-state index contributed by atoms with van der Waals surface area (Å²) in [6, 6.07) is 2.96. The van der Waals surface area contributed by atoms with E-state index in [9.17, 15) is 13.6 Å². The number of nitrogens with zero attached hydrogens (tertiary/aromatic N) is 1. The lowest BCUT2D eigenvalue weighted by molar-refractivity contribution is -0.119. The first kappa shape index (κ1) is 13.9. The van der Waals surface area contributed by atoms with Crippen molar-refractivity contribution in [2.24, 2.45) is 0 Å². The summed E-state index contributed by atoms with van der Waals surface area (Å²) in [7, 11) is 0. The molecule has 1 N–H and O–H groups in total. The number of hydrogen-bond donors (Lipinski definition) is 1. The van der Waals surface area contributed by atoms with E-state index < -0.39 is 11.6 Å². The van der Waals surface area contributed by atoms with Crippen LogP contribution in [-0.4, -0.2) is 43.2 Å². The van der Waals surface area contributed by atoms with E-state index in [0.717, 1.165) is 18.2 Å². The molecular formula is C13H16F2N2O2. The Morgan fingerprint density at radius 1 is 1.53 bits per heavy atom. The van der Waals surface area contributed by atoms with Gasteiger partial charge in [-0.15, -0.1) is 0 Å². The van der Waals surface area contributed by atoms with Gasteiger partial charge in [-0.25, -0.2) is 8.78 Å². The highest BCUT2D eigenvalue weighted by Crippen LogP contribution is 2.15. The molecular weight excluding hydrogens is 254 g/mol. The topological polar surface area (TPSA) is 41.6 Å². The van der Waals surface area contributed by atoms with Crippen LogP contribution >= 0.6 is 0 Å². The van der Waals surface area contributed by atoms with Gasteiger partial charge in [0.2, 0.25) is 5.91 Å². The number of carbonyl (C=O) groups is 1. The molecule has 1 aromatic carbocycles. The Bertz CT molecular complexity index is 468. The number of benzene rings is 1. The summed E-state index contributed by atoms with van der Waals surface area (Å²) in [6.45, 7) is 3.95. The SMILES string of the molecule is CC1CN(CC(=O)Nc2cc(F)ccc2F)CCO1. The van der Waals surface area contributed by atoms with E-state index in [0.29, 0.717) is 19.7 Å². The Kier molecular flexibility index (Phi) is 4.44. The summed E-state index contributed by atoms with van der Waals surface area (Å²) in [6.07, 6.45) is 0.0763. The number of anilines is 1. The molecule has 0 radical (unpaired) electrons. The molecule has 1 aromatic rings. The van der Waals surface area contributed by atoms with Gasteiger partial charge in [-0.1, -0.05) is 0 Å². The average Bonchev–Trinajstić information content (AvgIpc) is 2.34. The van der Waals surface area contributed by atoms with Crippen molar-refractivity contribution in [2.45, 2.75) is 13.0 Å². The van der Waals surface area contributed by atoms with Crippen LogP contribution in [0.4, 0.5) is 14.5 Å². The molecule has 1 amide bonds. The third kappa shape index (κ3) is 3.97. The molecule has 19 heavy (non-hydrogen) atoms. The van der Waals surface area contributed by atoms with Crippen molar-refractivity contribution in [3.63, 3.8) is 0 Å². The second kappa shape index (κ2) is 6.08. The molecule has 1 fully saturated rings. The zero-order valence-corrected chi connectivity index (χ0v) is 10.7. The maximum absolute atomic E-state index is 13.4. The molecule has 1 aliphatic rings. The van der Waals surface area contributed by atoms with Crippen LogP contribution in [0.1, 0.15) is 6.92 Å². The first-order valence-corrected chi connectivity index (χ1v) is 6.13. The molecule has 1 aliphatic heterocycles. The molecule has 0 saturated carbocycles. The summed E-state index contributed by atoms with van der Waals surface area (Å²) in [5, 5.41) is 2.38. The number of halogens is 2. The fourth-order valence-corrected chi connectivity index (χ4v) is 2.02. The standard InChI is InChI=1S/C13H16F2N2O2/c1-9-7-17(4-5-19-9)8-13(18)16-12-6-10(14)2-3-11(12)15/h2-3,6,9H,4-5,7-8H2,1H3,(H,16,18). The molecule has 2 rings (SSSR count). The zero-order valence-electron chi connectivity index (χ0n) is 10.7. The summed E-state index contributed by atoms with van der Waals surface area (Å²) < 4.78 is 31.7. The monoisotopic (exact) mass is 270 g/mol. The van der Waals surface area contributed by atoms with Gasteiger partial charge in [0.25, 0.3) is 0 Å². The van der Waals surface area contributed by atoms with Gasteiger partial charge in [0.15, 0.2) is 0 Å². The van der Waals surface area contributed by atoms with Gasteiger partial charge in [-0.05, 0) is 19.1 Å². The smallest absolute Gasteiger partial charge is 0.238 e. The number of carbonyl (C=O) groups excluding carboxylic acids is 1. The fourth-order valence-electron chi connectivity index (χ4n) is 2.02. The van der Waals surface area contributed by atoms with Gasteiger partial charge in [0, 0.05) is 19.2 Å². The predicted octanol–water partition coefficient (Wildman–Crippen LogP) is 1.62. The molecule has 1 atom stereocenters. The second-order valence-electron chi connectivity index (χ2n) is 4.59. The van der Waals surface area contributed by atoms with E-state index in [1.807, 2.05) is 11.8 Å². The van der Waals surface area contributed by atoms with Gasteiger partial charge in [-0.3, -0.25) is 9.69 Å². The molecule has 0 aromatic heterocycles. The van der Waals surface area contributed by atoms with Crippen molar-refractivity contribution in [2.75, 3.05) is 31.6 Å². The van der Waals surface area contributed by atoms with Crippen LogP contribution in [-0.2, 0) is 9.53 Å². The van der Waals surface area contributed by atoms with Crippen LogP contribution in [0.15, 0.2) is 18.2 Å². The lowest BCUT2D eigenvalue weighted by Gasteiger charge is -2.30. The normalized spacial score (nSPS) is 20.3. The highest BCUT2D eigenvalue weighted by atomic mass is 19.1. The molecule has 0 aliphatic carbocycles. The quantitative estimate of drug-likeness (QED) is 0.907. The van der Waals surface area contributed by atoms with E-state index in [1.165, 1.54) is 0 Å².